The van der Waals surface area contributed by atoms with Crippen molar-refractivity contribution in [2.45, 2.75) is 6.92 Å². The Morgan fingerprint density at radius 1 is 1.11 bits per heavy atom. The van der Waals surface area contributed by atoms with E-state index in [9.17, 15) is 4.39 Å². The van der Waals surface area contributed by atoms with E-state index in [-0.39, 0.29) is 5.82 Å². The van der Waals surface area contributed by atoms with Gasteiger partial charge in [-0.1, -0.05) is 19.1 Å². The van der Waals surface area contributed by atoms with Crippen LogP contribution >= 0.6 is 0 Å². The summed E-state index contributed by atoms with van der Waals surface area (Å²) in [7, 11) is 1.99. The molecule has 144 valence electrons. The van der Waals surface area contributed by atoms with Gasteiger partial charge >= 0.3 is 0 Å². The fourth-order valence-electron chi connectivity index (χ4n) is 4.09. The third kappa shape index (κ3) is 2.65. The van der Waals surface area contributed by atoms with Crippen LogP contribution in [0.5, 0.6) is 0 Å². The number of aromatic nitrogens is 4. The van der Waals surface area contributed by atoms with E-state index in [2.05, 4.69) is 45.1 Å². The van der Waals surface area contributed by atoms with Gasteiger partial charge in [-0.05, 0) is 30.8 Å². The SMILES string of the molecule is CCN1CCN(c2ccc3nc(-c4n[nH]c5c(F)cccc45)n(C)c3c2)CC1. The molecule has 2 aromatic carbocycles. The van der Waals surface area contributed by atoms with Gasteiger partial charge in [-0.2, -0.15) is 5.10 Å². The summed E-state index contributed by atoms with van der Waals surface area (Å²) in [6.07, 6.45) is 0. The number of hydrogen-bond donors (Lipinski definition) is 1. The molecule has 0 aliphatic carbocycles. The van der Waals surface area contributed by atoms with Crippen molar-refractivity contribution in [2.75, 3.05) is 37.6 Å². The highest BCUT2D eigenvalue weighted by Gasteiger charge is 2.20. The normalized spacial score (nSPS) is 15.8. The van der Waals surface area contributed by atoms with Crippen molar-refractivity contribution in [1.82, 2.24) is 24.6 Å². The summed E-state index contributed by atoms with van der Waals surface area (Å²) in [5.74, 6) is 0.434. The van der Waals surface area contributed by atoms with Gasteiger partial charge < -0.3 is 14.4 Å². The minimum Gasteiger partial charge on any atom is -0.369 e. The van der Waals surface area contributed by atoms with Crippen molar-refractivity contribution in [2.24, 2.45) is 7.05 Å². The van der Waals surface area contributed by atoms with E-state index >= 15 is 0 Å². The molecule has 2 aromatic heterocycles. The number of nitrogens with one attached hydrogen (secondary N) is 1. The fourth-order valence-corrected chi connectivity index (χ4v) is 4.09. The van der Waals surface area contributed by atoms with Crippen molar-refractivity contribution in [3.05, 3.63) is 42.2 Å². The molecule has 0 unspecified atom stereocenters. The van der Waals surface area contributed by atoms with Crippen LogP contribution in [-0.4, -0.2) is 57.4 Å². The van der Waals surface area contributed by atoms with Crippen LogP contribution in [0.4, 0.5) is 10.1 Å². The van der Waals surface area contributed by atoms with E-state index in [1.165, 1.54) is 11.8 Å². The smallest absolute Gasteiger partial charge is 0.162 e. The second-order valence-corrected chi connectivity index (χ2v) is 7.32. The first kappa shape index (κ1) is 17.2. The molecule has 28 heavy (non-hydrogen) atoms. The molecular weight excluding hydrogens is 355 g/mol. The summed E-state index contributed by atoms with van der Waals surface area (Å²) < 4.78 is 16.1. The number of hydrogen-bond acceptors (Lipinski definition) is 4. The van der Waals surface area contributed by atoms with E-state index < -0.39 is 0 Å². The highest BCUT2D eigenvalue weighted by Crippen LogP contribution is 2.31. The van der Waals surface area contributed by atoms with Gasteiger partial charge in [0.05, 0.1) is 11.0 Å². The predicted octanol–water partition coefficient (Wildman–Crippen LogP) is 3.40. The first-order chi connectivity index (χ1) is 13.7. The number of fused-ring (bicyclic) bond motifs is 2. The zero-order chi connectivity index (χ0) is 19.3. The summed E-state index contributed by atoms with van der Waals surface area (Å²) in [4.78, 5) is 9.68. The minimum absolute atomic E-state index is 0.302. The van der Waals surface area contributed by atoms with Crippen LogP contribution in [0, 0.1) is 5.82 Å². The lowest BCUT2D eigenvalue weighted by atomic mass is 10.2. The molecule has 3 heterocycles. The van der Waals surface area contributed by atoms with E-state index in [4.69, 9.17) is 4.98 Å². The number of halogens is 1. The number of piperazine rings is 1. The van der Waals surface area contributed by atoms with Gasteiger partial charge in [0.2, 0.25) is 0 Å². The third-order valence-corrected chi connectivity index (χ3v) is 5.81. The highest BCUT2D eigenvalue weighted by atomic mass is 19.1. The van der Waals surface area contributed by atoms with Crippen LogP contribution in [-0.2, 0) is 7.05 Å². The molecule has 0 amide bonds. The largest absolute Gasteiger partial charge is 0.369 e. The number of nitrogens with zero attached hydrogens (tertiary/aromatic N) is 5. The van der Waals surface area contributed by atoms with Gasteiger partial charge in [-0.25, -0.2) is 9.37 Å². The van der Waals surface area contributed by atoms with Crippen molar-refractivity contribution in [1.29, 1.82) is 0 Å². The van der Waals surface area contributed by atoms with Gasteiger partial charge in [0.25, 0.3) is 0 Å². The molecule has 1 aliphatic rings. The average molecular weight is 378 g/mol. The maximum Gasteiger partial charge on any atom is 0.162 e. The monoisotopic (exact) mass is 378 g/mol. The van der Waals surface area contributed by atoms with Crippen LogP contribution in [0.25, 0.3) is 33.5 Å². The number of para-hydroxylation sites is 1. The summed E-state index contributed by atoms with van der Waals surface area (Å²) in [5, 5.41) is 7.90. The zero-order valence-electron chi connectivity index (χ0n) is 16.1. The Balaban J connectivity index is 1.55. The first-order valence-electron chi connectivity index (χ1n) is 9.72. The van der Waals surface area contributed by atoms with Crippen LogP contribution < -0.4 is 4.90 Å². The molecule has 0 spiro atoms. The topological polar surface area (TPSA) is 53.0 Å². The Hall–Kier alpha value is -2.93. The Labute approximate surface area is 162 Å². The Morgan fingerprint density at radius 3 is 2.71 bits per heavy atom. The van der Waals surface area contributed by atoms with Gasteiger partial charge in [0.1, 0.15) is 17.0 Å². The van der Waals surface area contributed by atoms with Crippen molar-refractivity contribution in [3.63, 3.8) is 0 Å². The van der Waals surface area contributed by atoms with E-state index in [1.54, 1.807) is 6.07 Å². The average Bonchev–Trinajstić information content (AvgIpc) is 3.30. The lowest BCUT2D eigenvalue weighted by Crippen LogP contribution is -2.46. The number of likely N-dealkylation sites (N-methyl/N-ethyl adjacent to an activating group) is 1. The predicted molar refractivity (Wildman–Crippen MR) is 110 cm³/mol. The molecule has 1 saturated heterocycles. The molecule has 0 atom stereocenters. The molecule has 1 N–H and O–H groups in total. The molecule has 0 saturated carbocycles. The number of aromatic amines is 1. The highest BCUT2D eigenvalue weighted by molar-refractivity contribution is 5.94. The van der Waals surface area contributed by atoms with Crippen LogP contribution in [0.2, 0.25) is 0 Å². The molecule has 6 nitrogen and oxygen atoms in total. The Morgan fingerprint density at radius 2 is 1.93 bits per heavy atom. The van der Waals surface area contributed by atoms with Crippen LogP contribution in [0.1, 0.15) is 6.92 Å². The van der Waals surface area contributed by atoms with Gasteiger partial charge in [-0.3, -0.25) is 5.10 Å². The maximum atomic E-state index is 14.0. The number of aryl methyl sites for hydroxylation is 1. The van der Waals surface area contributed by atoms with E-state index in [1.807, 2.05) is 17.7 Å². The summed E-state index contributed by atoms with van der Waals surface area (Å²) in [6.45, 7) is 7.58. The van der Waals surface area contributed by atoms with Crippen molar-refractivity contribution >= 4 is 27.6 Å². The lowest BCUT2D eigenvalue weighted by Gasteiger charge is -2.35. The molecular formula is C21H23FN6. The lowest BCUT2D eigenvalue weighted by molar-refractivity contribution is 0.271. The second-order valence-electron chi connectivity index (χ2n) is 7.32. The van der Waals surface area contributed by atoms with Crippen LogP contribution in [0.15, 0.2) is 36.4 Å². The van der Waals surface area contributed by atoms with E-state index in [0.29, 0.717) is 11.2 Å². The fraction of sp³-hybridized carbons (Fsp3) is 0.333. The number of rotatable bonds is 3. The summed E-state index contributed by atoms with van der Waals surface area (Å²) >= 11 is 0. The Kier molecular flexibility index (Phi) is 4.05. The number of H-pyrrole nitrogens is 1. The molecule has 5 rings (SSSR count). The van der Waals surface area contributed by atoms with Crippen molar-refractivity contribution < 1.29 is 4.39 Å². The summed E-state index contributed by atoms with van der Waals surface area (Å²) in [5.41, 5.74) is 4.28. The number of benzene rings is 2. The van der Waals surface area contributed by atoms with Gasteiger partial charge in [0, 0.05) is 44.3 Å². The second kappa shape index (κ2) is 6.60. The minimum atomic E-state index is -0.302. The first-order valence-corrected chi connectivity index (χ1v) is 9.72. The Bertz CT molecular complexity index is 1150. The van der Waals surface area contributed by atoms with E-state index in [0.717, 1.165) is 55.0 Å². The van der Waals surface area contributed by atoms with Crippen LogP contribution in [0.3, 0.4) is 0 Å². The maximum absolute atomic E-state index is 14.0. The molecule has 1 fully saturated rings. The molecule has 0 bridgehead atoms. The zero-order valence-corrected chi connectivity index (χ0v) is 16.1. The number of imidazole rings is 1. The summed E-state index contributed by atoms with van der Waals surface area (Å²) in [6, 6.07) is 11.4. The molecule has 7 heteroatoms. The van der Waals surface area contributed by atoms with Crippen molar-refractivity contribution in [3.8, 4) is 11.5 Å². The third-order valence-electron chi connectivity index (χ3n) is 5.81. The van der Waals surface area contributed by atoms with Gasteiger partial charge in [-0.15, -0.1) is 0 Å². The number of anilines is 1. The van der Waals surface area contributed by atoms with Gasteiger partial charge in [0.15, 0.2) is 5.82 Å². The quantitative estimate of drug-likeness (QED) is 0.594. The molecule has 4 aromatic rings. The molecule has 0 radical (unpaired) electrons. The standard InChI is InChI=1S/C21H23FN6/c1-3-27-9-11-28(12-10-27)14-7-8-17-18(13-14)26(2)21(23-17)20-15-5-4-6-16(22)19(15)24-25-20/h4-8,13H,3,9-12H2,1-2H3,(H,24,25). The molecule has 1 aliphatic heterocycles.